The lowest BCUT2D eigenvalue weighted by molar-refractivity contribution is -0.135. The fourth-order valence-corrected chi connectivity index (χ4v) is 3.22. The Kier molecular flexibility index (Phi) is 8.63. The van der Waals surface area contributed by atoms with E-state index in [1.165, 1.54) is 14.1 Å². The summed E-state index contributed by atoms with van der Waals surface area (Å²) in [6.07, 6.45) is 2.38. The third-order valence-electron chi connectivity index (χ3n) is 5.09. The number of carbonyl (C=O) groups is 4. The number of nitrogens with one attached hydrogen (secondary N) is 1. The molecular formula is C24H28N2O5. The number of hydrogen-bond donors (Lipinski definition) is 2. The molecule has 7 nitrogen and oxygen atoms in total. The summed E-state index contributed by atoms with van der Waals surface area (Å²) in [5.41, 5.74) is 2.75. The number of rotatable bonds is 10. The summed E-state index contributed by atoms with van der Waals surface area (Å²) in [5, 5.41) is 11.5. The average Bonchev–Trinajstić information content (AvgIpc) is 2.81. The Balaban J connectivity index is 2.17. The predicted molar refractivity (Wildman–Crippen MR) is 118 cm³/mol. The molecule has 0 bridgehead atoms. The maximum atomic E-state index is 12.8. The first-order chi connectivity index (χ1) is 14.8. The van der Waals surface area contributed by atoms with Crippen LogP contribution < -0.4 is 5.32 Å². The molecule has 0 radical (unpaired) electrons. The van der Waals surface area contributed by atoms with Gasteiger partial charge in [-0.2, -0.15) is 0 Å². The molecule has 2 aromatic carbocycles. The number of aliphatic hydroxyl groups is 1. The monoisotopic (exact) mass is 424 g/mol. The zero-order chi connectivity index (χ0) is 23.0. The van der Waals surface area contributed by atoms with E-state index in [1.807, 2.05) is 19.1 Å². The van der Waals surface area contributed by atoms with Crippen molar-refractivity contribution in [3.63, 3.8) is 0 Å². The van der Waals surface area contributed by atoms with Crippen LogP contribution in [0.4, 0.5) is 0 Å². The van der Waals surface area contributed by atoms with Crippen LogP contribution in [-0.4, -0.2) is 60.1 Å². The highest BCUT2D eigenvalue weighted by atomic mass is 16.3. The van der Waals surface area contributed by atoms with Crippen molar-refractivity contribution in [2.75, 3.05) is 20.7 Å². The summed E-state index contributed by atoms with van der Waals surface area (Å²) in [5.74, 6) is -1.82. The van der Waals surface area contributed by atoms with Crippen molar-refractivity contribution in [3.05, 3.63) is 59.7 Å². The van der Waals surface area contributed by atoms with E-state index in [4.69, 9.17) is 5.11 Å². The van der Waals surface area contributed by atoms with Gasteiger partial charge >= 0.3 is 0 Å². The molecule has 0 aliphatic heterocycles. The molecule has 31 heavy (non-hydrogen) atoms. The average molecular weight is 424 g/mol. The molecule has 2 aromatic rings. The number of Topliss-reactive ketones (excluding diaryl/α,β-unsaturated/α-hetero) is 2. The molecule has 7 heteroatoms. The number of likely N-dealkylation sites (N-methyl/N-ethyl adjacent to an activating group) is 2. The molecule has 2 amide bonds. The summed E-state index contributed by atoms with van der Waals surface area (Å²) >= 11 is 0. The first-order valence-electron chi connectivity index (χ1n) is 10.2. The number of carbonyl (C=O) groups excluding carboxylic acids is 4. The third kappa shape index (κ3) is 5.86. The summed E-state index contributed by atoms with van der Waals surface area (Å²) < 4.78 is 0. The second-order valence-corrected chi connectivity index (χ2v) is 7.24. The summed E-state index contributed by atoms with van der Waals surface area (Å²) in [4.78, 5) is 49.8. The van der Waals surface area contributed by atoms with Crippen LogP contribution >= 0.6 is 0 Å². The topological polar surface area (TPSA) is 104 Å². The van der Waals surface area contributed by atoms with Crippen molar-refractivity contribution in [3.8, 4) is 11.1 Å². The van der Waals surface area contributed by atoms with Gasteiger partial charge < -0.3 is 15.3 Å². The van der Waals surface area contributed by atoms with Crippen molar-refractivity contribution in [2.24, 2.45) is 0 Å². The highest BCUT2D eigenvalue weighted by Crippen LogP contribution is 2.22. The minimum Gasteiger partial charge on any atom is -0.388 e. The lowest BCUT2D eigenvalue weighted by atomic mass is 9.99. The van der Waals surface area contributed by atoms with E-state index in [0.29, 0.717) is 17.5 Å². The van der Waals surface area contributed by atoms with Crippen LogP contribution in [0.25, 0.3) is 11.1 Å². The van der Waals surface area contributed by atoms with Gasteiger partial charge in [0.05, 0.1) is 0 Å². The van der Waals surface area contributed by atoms with Crippen LogP contribution in [0.5, 0.6) is 0 Å². The quantitative estimate of drug-likeness (QED) is 0.450. The van der Waals surface area contributed by atoms with Gasteiger partial charge in [-0.15, -0.1) is 0 Å². The maximum Gasteiger partial charge on any atom is 0.254 e. The highest BCUT2D eigenvalue weighted by Gasteiger charge is 2.32. The molecule has 0 aliphatic rings. The van der Waals surface area contributed by atoms with E-state index in [0.717, 1.165) is 28.9 Å². The number of nitrogens with zero attached hydrogens (tertiary/aromatic N) is 1. The first kappa shape index (κ1) is 24.0. The van der Waals surface area contributed by atoms with Gasteiger partial charge in [-0.1, -0.05) is 49.7 Å². The van der Waals surface area contributed by atoms with E-state index in [-0.39, 0.29) is 5.78 Å². The zero-order valence-corrected chi connectivity index (χ0v) is 18.1. The van der Waals surface area contributed by atoms with Gasteiger partial charge in [-0.25, -0.2) is 0 Å². The molecule has 2 N–H and O–H groups in total. The highest BCUT2D eigenvalue weighted by molar-refractivity contribution is 6.10. The van der Waals surface area contributed by atoms with E-state index in [2.05, 4.69) is 5.32 Å². The molecule has 0 saturated carbocycles. The Morgan fingerprint density at radius 1 is 0.935 bits per heavy atom. The molecule has 0 saturated heterocycles. The predicted octanol–water partition coefficient (Wildman–Crippen LogP) is 2.47. The third-order valence-corrected chi connectivity index (χ3v) is 5.09. The Morgan fingerprint density at radius 2 is 1.45 bits per heavy atom. The molecule has 0 aromatic heterocycles. The normalized spacial score (nSPS) is 11.5. The van der Waals surface area contributed by atoms with Crippen LogP contribution in [0.15, 0.2) is 48.5 Å². The molecule has 0 heterocycles. The fourth-order valence-electron chi connectivity index (χ4n) is 3.22. The summed E-state index contributed by atoms with van der Waals surface area (Å²) in [6, 6.07) is 12.7. The van der Waals surface area contributed by atoms with Gasteiger partial charge in [-0.05, 0) is 29.7 Å². The summed E-state index contributed by atoms with van der Waals surface area (Å²) in [6.45, 7) is 1.21. The van der Waals surface area contributed by atoms with Crippen LogP contribution in [0.1, 0.15) is 46.9 Å². The number of amides is 2. The van der Waals surface area contributed by atoms with Crippen molar-refractivity contribution < 1.29 is 24.3 Å². The summed E-state index contributed by atoms with van der Waals surface area (Å²) in [7, 11) is 2.70. The SMILES string of the molecule is CCCCC(=O)c1ccc(-c2ccc(C(=O)N(C)C(C(=O)CO)C(=O)NC)cc2)cc1. The van der Waals surface area contributed by atoms with Gasteiger partial charge in [-0.3, -0.25) is 19.2 Å². The van der Waals surface area contributed by atoms with Gasteiger partial charge in [0.1, 0.15) is 6.61 Å². The van der Waals surface area contributed by atoms with Crippen molar-refractivity contribution >= 4 is 23.4 Å². The number of ketones is 2. The first-order valence-corrected chi connectivity index (χ1v) is 10.2. The Labute approximate surface area is 182 Å². The van der Waals surface area contributed by atoms with E-state index >= 15 is 0 Å². The van der Waals surface area contributed by atoms with Gasteiger partial charge in [0.25, 0.3) is 5.91 Å². The molecule has 0 aliphatic carbocycles. The molecule has 2 rings (SSSR count). The Morgan fingerprint density at radius 3 is 1.90 bits per heavy atom. The number of unbranched alkanes of at least 4 members (excludes halogenated alkanes) is 1. The van der Waals surface area contributed by atoms with Gasteiger partial charge in [0.2, 0.25) is 5.91 Å². The molecule has 0 fully saturated rings. The standard InChI is InChI=1S/C24H28N2O5/c1-4-5-6-20(28)18-11-7-16(8-12-18)17-9-13-19(14-10-17)24(31)26(3)22(21(29)15-27)23(30)25-2/h7-14,22,27H,4-6,15H2,1-3H3,(H,25,30). The molecule has 1 unspecified atom stereocenters. The molecule has 164 valence electrons. The second-order valence-electron chi connectivity index (χ2n) is 7.24. The van der Waals surface area contributed by atoms with E-state index in [9.17, 15) is 19.2 Å². The van der Waals surface area contributed by atoms with Crippen LogP contribution in [-0.2, 0) is 9.59 Å². The number of benzene rings is 2. The van der Waals surface area contributed by atoms with E-state index < -0.39 is 30.2 Å². The van der Waals surface area contributed by atoms with Gasteiger partial charge in [0, 0.05) is 31.6 Å². The van der Waals surface area contributed by atoms with Crippen molar-refractivity contribution in [2.45, 2.75) is 32.2 Å². The fraction of sp³-hybridized carbons (Fsp3) is 0.333. The maximum absolute atomic E-state index is 12.8. The van der Waals surface area contributed by atoms with Crippen LogP contribution in [0.3, 0.4) is 0 Å². The number of aliphatic hydroxyl groups excluding tert-OH is 1. The molecular weight excluding hydrogens is 396 g/mol. The smallest absolute Gasteiger partial charge is 0.254 e. The Bertz CT molecular complexity index is 919. The van der Waals surface area contributed by atoms with Crippen LogP contribution in [0.2, 0.25) is 0 Å². The largest absolute Gasteiger partial charge is 0.388 e. The minimum atomic E-state index is -1.40. The Hall–Kier alpha value is -3.32. The van der Waals surface area contributed by atoms with Crippen LogP contribution in [0, 0.1) is 0 Å². The lowest BCUT2D eigenvalue weighted by Gasteiger charge is -2.25. The second kappa shape index (κ2) is 11.2. The lowest BCUT2D eigenvalue weighted by Crippen LogP contribution is -2.52. The minimum absolute atomic E-state index is 0.125. The van der Waals surface area contributed by atoms with Crippen molar-refractivity contribution in [1.29, 1.82) is 0 Å². The van der Waals surface area contributed by atoms with Crippen molar-refractivity contribution in [1.82, 2.24) is 10.2 Å². The molecule has 0 spiro atoms. The number of hydrogen-bond acceptors (Lipinski definition) is 5. The zero-order valence-electron chi connectivity index (χ0n) is 18.1. The van der Waals surface area contributed by atoms with E-state index in [1.54, 1.807) is 36.4 Å². The molecule has 1 atom stereocenters. The van der Waals surface area contributed by atoms with Gasteiger partial charge in [0.15, 0.2) is 17.6 Å².